The van der Waals surface area contributed by atoms with Crippen LogP contribution in [-0.2, 0) is 9.53 Å². The second kappa shape index (κ2) is 6.26. The Bertz CT molecular complexity index is 763. The lowest BCUT2D eigenvalue weighted by Crippen LogP contribution is -2.59. The van der Waals surface area contributed by atoms with Crippen LogP contribution in [0.1, 0.15) is 58.6 Å². The van der Waals surface area contributed by atoms with Crippen LogP contribution in [0.2, 0.25) is 0 Å². The zero-order valence-electron chi connectivity index (χ0n) is 16.5. The lowest BCUT2D eigenvalue weighted by atomic mass is 9.58. The van der Waals surface area contributed by atoms with Crippen LogP contribution in [0.3, 0.4) is 0 Å². The summed E-state index contributed by atoms with van der Waals surface area (Å²) >= 11 is 0. The van der Waals surface area contributed by atoms with E-state index in [-0.39, 0.29) is 40.7 Å². The van der Waals surface area contributed by atoms with Crippen LogP contribution in [0.15, 0.2) is 18.2 Å². The molecule has 2 aliphatic carbocycles. The summed E-state index contributed by atoms with van der Waals surface area (Å²) in [5.74, 6) is -0.501. The van der Waals surface area contributed by atoms with E-state index in [1.54, 1.807) is 0 Å². The molecule has 0 aromatic heterocycles. The Morgan fingerprint density at radius 1 is 1.30 bits per heavy atom. The molecule has 2 bridgehead atoms. The molecule has 5 atom stereocenters. The number of rotatable bonds is 3. The molecule has 3 nitrogen and oxygen atoms in total. The van der Waals surface area contributed by atoms with Crippen molar-refractivity contribution in [1.29, 1.82) is 0 Å². The Kier molecular flexibility index (Phi) is 4.37. The molecule has 2 saturated carbocycles. The molecule has 5 heteroatoms. The Morgan fingerprint density at radius 3 is 2.70 bits per heavy atom. The average Bonchev–Trinajstić information content (AvgIpc) is 3.07. The molecule has 3 aliphatic rings. The maximum absolute atomic E-state index is 14.5. The number of benzene rings is 1. The van der Waals surface area contributed by atoms with Gasteiger partial charge in [-0.1, -0.05) is 33.8 Å². The molecule has 1 aromatic carbocycles. The van der Waals surface area contributed by atoms with Crippen LogP contribution in [0.4, 0.5) is 8.78 Å². The summed E-state index contributed by atoms with van der Waals surface area (Å²) in [4.78, 5) is 12.5. The summed E-state index contributed by atoms with van der Waals surface area (Å²) in [6.45, 7) is 8.85. The van der Waals surface area contributed by atoms with Gasteiger partial charge in [-0.3, -0.25) is 4.79 Å². The van der Waals surface area contributed by atoms with Crippen LogP contribution in [0.25, 0.3) is 0 Å². The second-order valence-corrected chi connectivity index (χ2v) is 9.60. The van der Waals surface area contributed by atoms with Crippen molar-refractivity contribution in [2.24, 2.45) is 28.6 Å². The first kappa shape index (κ1) is 18.9. The normalized spacial score (nSPS) is 36.7. The van der Waals surface area contributed by atoms with Gasteiger partial charge in [0.15, 0.2) is 0 Å². The minimum atomic E-state index is -0.571. The highest BCUT2D eigenvalue weighted by atomic mass is 19.1. The molecule has 1 aliphatic heterocycles. The fourth-order valence-electron chi connectivity index (χ4n) is 6.14. The first-order chi connectivity index (χ1) is 12.7. The molecule has 0 radical (unpaired) electrons. The molecule has 1 amide bonds. The van der Waals surface area contributed by atoms with Crippen molar-refractivity contribution in [3.8, 4) is 0 Å². The number of hydrogen-bond acceptors (Lipinski definition) is 2. The number of carbonyl (C=O) groups is 1. The van der Waals surface area contributed by atoms with E-state index in [1.165, 1.54) is 12.1 Å². The van der Waals surface area contributed by atoms with E-state index in [4.69, 9.17) is 4.74 Å². The highest BCUT2D eigenvalue weighted by molar-refractivity contribution is 5.78. The summed E-state index contributed by atoms with van der Waals surface area (Å²) in [6.07, 6.45) is 2.50. The van der Waals surface area contributed by atoms with Gasteiger partial charge in [0.1, 0.15) is 11.6 Å². The highest BCUT2D eigenvalue weighted by Gasteiger charge is 2.68. The number of fused-ring (bicyclic) bond motifs is 1. The standard InChI is InChI=1S/C22H29F2NO2/c1-12(2)19(26)25-20-21(3,4)13-9-16-18(27-8-7-22(16,20)11-13)15-6-5-14(23)10-17(15)24/h5-6,10,12-13,16,18,20H,7-9,11H2,1-4H3,(H,25,26)/t13-,16-,18-,20-,22?/m1/s1. The van der Waals surface area contributed by atoms with Gasteiger partial charge >= 0.3 is 0 Å². The minimum absolute atomic E-state index is 0.00425. The van der Waals surface area contributed by atoms with E-state index in [9.17, 15) is 13.6 Å². The van der Waals surface area contributed by atoms with Crippen molar-refractivity contribution < 1.29 is 18.3 Å². The summed E-state index contributed by atoms with van der Waals surface area (Å²) in [5, 5.41) is 3.34. The van der Waals surface area contributed by atoms with Crippen molar-refractivity contribution in [2.45, 2.75) is 59.1 Å². The minimum Gasteiger partial charge on any atom is -0.373 e. The number of hydrogen-bond donors (Lipinski definition) is 1. The van der Waals surface area contributed by atoms with Crippen molar-refractivity contribution in [2.75, 3.05) is 6.61 Å². The third kappa shape index (κ3) is 2.72. The summed E-state index contributed by atoms with van der Waals surface area (Å²) in [5.41, 5.74) is 0.368. The predicted molar refractivity (Wildman–Crippen MR) is 98.9 cm³/mol. The fraction of sp³-hybridized carbons (Fsp3) is 0.682. The monoisotopic (exact) mass is 377 g/mol. The Labute approximate surface area is 159 Å². The van der Waals surface area contributed by atoms with Crippen LogP contribution in [0.5, 0.6) is 0 Å². The van der Waals surface area contributed by atoms with Crippen LogP contribution < -0.4 is 5.32 Å². The van der Waals surface area contributed by atoms with Crippen molar-refractivity contribution >= 4 is 5.91 Å². The second-order valence-electron chi connectivity index (χ2n) is 9.60. The van der Waals surface area contributed by atoms with Crippen molar-refractivity contribution in [3.05, 3.63) is 35.4 Å². The molecule has 1 aromatic rings. The van der Waals surface area contributed by atoms with Crippen LogP contribution in [0, 0.1) is 40.2 Å². The molecule has 1 saturated heterocycles. The van der Waals surface area contributed by atoms with E-state index < -0.39 is 11.6 Å². The van der Waals surface area contributed by atoms with E-state index in [1.807, 2.05) is 13.8 Å². The molecule has 3 fully saturated rings. The molecule has 27 heavy (non-hydrogen) atoms. The van der Waals surface area contributed by atoms with Gasteiger partial charge < -0.3 is 10.1 Å². The Hall–Kier alpha value is -1.49. The molecular weight excluding hydrogens is 348 g/mol. The molecule has 1 heterocycles. The van der Waals surface area contributed by atoms with Gasteiger partial charge in [0.2, 0.25) is 5.91 Å². The van der Waals surface area contributed by atoms with E-state index >= 15 is 0 Å². The molecule has 1 unspecified atom stereocenters. The molecule has 148 valence electrons. The van der Waals surface area contributed by atoms with Gasteiger partial charge in [-0.05, 0) is 48.0 Å². The molecular formula is C22H29F2NO2. The topological polar surface area (TPSA) is 38.3 Å². The van der Waals surface area contributed by atoms with E-state index in [0.717, 1.165) is 25.3 Å². The van der Waals surface area contributed by atoms with Crippen molar-refractivity contribution in [1.82, 2.24) is 5.32 Å². The average molecular weight is 377 g/mol. The molecule has 4 rings (SSSR count). The number of nitrogens with one attached hydrogen (secondary N) is 1. The Morgan fingerprint density at radius 2 is 2.04 bits per heavy atom. The highest BCUT2D eigenvalue weighted by Crippen LogP contribution is 2.70. The van der Waals surface area contributed by atoms with Gasteiger partial charge in [0.05, 0.1) is 6.10 Å². The smallest absolute Gasteiger partial charge is 0.222 e. The van der Waals surface area contributed by atoms with E-state index in [0.29, 0.717) is 18.1 Å². The lowest BCUT2D eigenvalue weighted by molar-refractivity contribution is -0.139. The van der Waals surface area contributed by atoms with Gasteiger partial charge in [-0.15, -0.1) is 0 Å². The zero-order chi connectivity index (χ0) is 19.6. The van der Waals surface area contributed by atoms with Crippen molar-refractivity contribution in [3.63, 3.8) is 0 Å². The third-order valence-electron chi connectivity index (χ3n) is 7.58. The number of carbonyl (C=O) groups excluding carboxylic acids is 1. The van der Waals surface area contributed by atoms with Crippen LogP contribution in [-0.4, -0.2) is 18.6 Å². The summed E-state index contributed by atoms with van der Waals surface area (Å²) in [6, 6.07) is 3.82. The van der Waals surface area contributed by atoms with Gasteiger partial charge in [-0.25, -0.2) is 8.78 Å². The zero-order valence-corrected chi connectivity index (χ0v) is 16.5. The number of ether oxygens (including phenoxy) is 1. The maximum Gasteiger partial charge on any atom is 0.222 e. The fourth-order valence-corrected chi connectivity index (χ4v) is 6.14. The maximum atomic E-state index is 14.5. The number of amides is 1. The van der Waals surface area contributed by atoms with Gasteiger partial charge in [-0.2, -0.15) is 0 Å². The SMILES string of the molecule is CC(C)C(=O)N[C@@H]1C(C)(C)[C@@H]2C[C@@H]3[C@@H](c4ccc(F)cc4F)OCCC31C2. The van der Waals surface area contributed by atoms with E-state index in [2.05, 4.69) is 19.2 Å². The third-order valence-corrected chi connectivity index (χ3v) is 7.58. The summed E-state index contributed by atoms with van der Waals surface area (Å²) < 4.78 is 33.9. The first-order valence-electron chi connectivity index (χ1n) is 10.0. The van der Waals surface area contributed by atoms with Gasteiger partial charge in [0.25, 0.3) is 0 Å². The molecule has 1 N–H and O–H groups in total. The Balaban J connectivity index is 1.71. The predicted octanol–water partition coefficient (Wildman–Crippen LogP) is 4.62. The number of halogens is 2. The summed E-state index contributed by atoms with van der Waals surface area (Å²) in [7, 11) is 0. The first-order valence-corrected chi connectivity index (χ1v) is 10.0. The molecule has 1 spiro atoms. The lowest BCUT2D eigenvalue weighted by Gasteiger charge is -2.53. The largest absolute Gasteiger partial charge is 0.373 e. The van der Waals surface area contributed by atoms with Crippen LogP contribution >= 0.6 is 0 Å². The van der Waals surface area contributed by atoms with Gasteiger partial charge in [0, 0.05) is 30.2 Å². The quantitative estimate of drug-likeness (QED) is 0.835.